The third kappa shape index (κ3) is 3.39. The maximum atomic E-state index is 11.6. The lowest BCUT2D eigenvalue weighted by atomic mass is 10.2. The van der Waals surface area contributed by atoms with Gasteiger partial charge in [0.15, 0.2) is 5.16 Å². The van der Waals surface area contributed by atoms with Crippen LogP contribution in [-0.2, 0) is 12.2 Å². The van der Waals surface area contributed by atoms with Gasteiger partial charge in [0.2, 0.25) is 0 Å². The minimum Gasteiger partial charge on any atom is -0.341 e. The highest BCUT2D eigenvalue weighted by Crippen LogP contribution is 2.20. The number of thioether (sulfide) groups is 1. The number of benzene rings is 1. The second-order valence-corrected chi connectivity index (χ2v) is 6.25. The fourth-order valence-electron chi connectivity index (χ4n) is 2.32. The topological polar surface area (TPSA) is 74.4 Å². The zero-order valence-corrected chi connectivity index (χ0v) is 13.5. The molecule has 0 radical (unpaired) electrons. The van der Waals surface area contributed by atoms with Gasteiger partial charge < -0.3 is 9.97 Å². The van der Waals surface area contributed by atoms with Crippen molar-refractivity contribution in [3.63, 3.8) is 0 Å². The Hall–Kier alpha value is -2.08. The minimum absolute atomic E-state index is 0.0961. The Morgan fingerprint density at radius 2 is 2.05 bits per heavy atom. The first-order valence-electron chi connectivity index (χ1n) is 7.32. The fraction of sp³-hybridized carbons (Fsp3) is 0.312. The second-order valence-electron chi connectivity index (χ2n) is 5.28. The third-order valence-corrected chi connectivity index (χ3v) is 4.20. The van der Waals surface area contributed by atoms with Crippen molar-refractivity contribution in [2.24, 2.45) is 0 Å². The standard InChI is InChI=1S/C16H18N4OS/c1-3-4-11-8-15(21)20-16(17-11)22-9-14-18-12-6-5-10(2)7-13(12)19-14/h5-8H,3-4,9H2,1-2H3,(H,18,19)(H,17,20,21). The average Bonchev–Trinajstić information content (AvgIpc) is 2.87. The van der Waals surface area contributed by atoms with Crippen molar-refractivity contribution >= 4 is 22.8 Å². The first kappa shape index (κ1) is 14.8. The van der Waals surface area contributed by atoms with Gasteiger partial charge in [-0.3, -0.25) is 4.79 Å². The largest absolute Gasteiger partial charge is 0.341 e. The van der Waals surface area contributed by atoms with Gasteiger partial charge in [-0.15, -0.1) is 0 Å². The Labute approximate surface area is 132 Å². The van der Waals surface area contributed by atoms with E-state index in [9.17, 15) is 4.79 Å². The van der Waals surface area contributed by atoms with E-state index in [1.807, 2.05) is 12.1 Å². The molecule has 2 N–H and O–H groups in total. The summed E-state index contributed by atoms with van der Waals surface area (Å²) in [5.41, 5.74) is 3.95. The van der Waals surface area contributed by atoms with Gasteiger partial charge in [-0.05, 0) is 31.0 Å². The number of aromatic amines is 2. The normalized spacial score (nSPS) is 11.2. The van der Waals surface area contributed by atoms with Gasteiger partial charge in [-0.1, -0.05) is 31.2 Å². The molecule has 0 unspecified atom stereocenters. The summed E-state index contributed by atoms with van der Waals surface area (Å²) in [6.07, 6.45) is 1.80. The van der Waals surface area contributed by atoms with Gasteiger partial charge in [0, 0.05) is 11.8 Å². The monoisotopic (exact) mass is 314 g/mol. The molecule has 3 aromatic rings. The predicted molar refractivity (Wildman–Crippen MR) is 89.2 cm³/mol. The number of nitrogens with one attached hydrogen (secondary N) is 2. The SMILES string of the molecule is CCCc1cc(=O)[nH]c(SCc2nc3ccc(C)cc3[nH]2)n1. The molecule has 0 aliphatic rings. The Balaban J connectivity index is 1.77. The Morgan fingerprint density at radius 3 is 2.86 bits per heavy atom. The molecule has 0 spiro atoms. The molecule has 0 aliphatic heterocycles. The number of fused-ring (bicyclic) bond motifs is 1. The van der Waals surface area contributed by atoms with Gasteiger partial charge in [0.1, 0.15) is 5.82 Å². The Morgan fingerprint density at radius 1 is 1.18 bits per heavy atom. The lowest BCUT2D eigenvalue weighted by molar-refractivity contribution is 0.815. The maximum Gasteiger partial charge on any atom is 0.251 e. The molecular formula is C16H18N4OS. The molecule has 114 valence electrons. The number of aryl methyl sites for hydroxylation is 2. The summed E-state index contributed by atoms with van der Waals surface area (Å²) in [5.74, 6) is 1.53. The van der Waals surface area contributed by atoms with E-state index in [1.54, 1.807) is 6.07 Å². The molecule has 0 fully saturated rings. The van der Waals surface area contributed by atoms with E-state index in [-0.39, 0.29) is 5.56 Å². The lowest BCUT2D eigenvalue weighted by Crippen LogP contribution is -2.10. The zero-order valence-electron chi connectivity index (χ0n) is 12.6. The molecule has 2 aromatic heterocycles. The van der Waals surface area contributed by atoms with Crippen LogP contribution in [0.3, 0.4) is 0 Å². The Kier molecular flexibility index (Phi) is 4.29. The molecule has 0 aliphatic carbocycles. The highest BCUT2D eigenvalue weighted by atomic mass is 32.2. The van der Waals surface area contributed by atoms with Crippen LogP contribution in [0.2, 0.25) is 0 Å². The fourth-order valence-corrected chi connectivity index (χ4v) is 3.08. The van der Waals surface area contributed by atoms with E-state index in [2.05, 4.69) is 39.8 Å². The summed E-state index contributed by atoms with van der Waals surface area (Å²) in [7, 11) is 0. The summed E-state index contributed by atoms with van der Waals surface area (Å²) < 4.78 is 0. The van der Waals surface area contributed by atoms with Crippen LogP contribution < -0.4 is 5.56 Å². The molecule has 0 bridgehead atoms. The first-order valence-corrected chi connectivity index (χ1v) is 8.31. The van der Waals surface area contributed by atoms with E-state index in [4.69, 9.17) is 0 Å². The van der Waals surface area contributed by atoms with Crippen LogP contribution in [0.15, 0.2) is 34.2 Å². The van der Waals surface area contributed by atoms with Gasteiger partial charge in [0.05, 0.1) is 16.8 Å². The molecule has 0 saturated heterocycles. The summed E-state index contributed by atoms with van der Waals surface area (Å²) >= 11 is 1.49. The second kappa shape index (κ2) is 6.36. The highest BCUT2D eigenvalue weighted by Gasteiger charge is 2.06. The molecular weight excluding hydrogens is 296 g/mol. The molecule has 0 amide bonds. The van der Waals surface area contributed by atoms with E-state index < -0.39 is 0 Å². The first-order chi connectivity index (χ1) is 10.6. The summed E-state index contributed by atoms with van der Waals surface area (Å²) in [6.45, 7) is 4.13. The quantitative estimate of drug-likeness (QED) is 0.560. The number of nitrogens with zero attached hydrogens (tertiary/aromatic N) is 2. The van der Waals surface area contributed by atoms with Crippen molar-refractivity contribution in [3.05, 3.63) is 51.7 Å². The van der Waals surface area contributed by atoms with Crippen LogP contribution >= 0.6 is 11.8 Å². The van der Waals surface area contributed by atoms with Crippen LogP contribution in [0.4, 0.5) is 0 Å². The third-order valence-electron chi connectivity index (χ3n) is 3.31. The van der Waals surface area contributed by atoms with Crippen molar-refractivity contribution in [2.75, 3.05) is 0 Å². The minimum atomic E-state index is -0.0961. The number of H-pyrrole nitrogens is 2. The van der Waals surface area contributed by atoms with Crippen molar-refractivity contribution < 1.29 is 0 Å². The molecule has 1 aromatic carbocycles. The molecule has 6 heteroatoms. The summed E-state index contributed by atoms with van der Waals surface area (Å²) in [5, 5.41) is 0.646. The molecule has 0 atom stereocenters. The van der Waals surface area contributed by atoms with Crippen LogP contribution in [0.5, 0.6) is 0 Å². The maximum absolute atomic E-state index is 11.6. The van der Waals surface area contributed by atoms with Crippen molar-refractivity contribution in [3.8, 4) is 0 Å². The van der Waals surface area contributed by atoms with Crippen molar-refractivity contribution in [2.45, 2.75) is 37.6 Å². The van der Waals surface area contributed by atoms with Crippen LogP contribution in [0.1, 0.15) is 30.4 Å². The predicted octanol–water partition coefficient (Wildman–Crippen LogP) is 3.20. The summed E-state index contributed by atoms with van der Waals surface area (Å²) in [6, 6.07) is 7.71. The smallest absolute Gasteiger partial charge is 0.251 e. The molecule has 5 nitrogen and oxygen atoms in total. The van der Waals surface area contributed by atoms with Gasteiger partial charge >= 0.3 is 0 Å². The van der Waals surface area contributed by atoms with Crippen LogP contribution in [0, 0.1) is 6.92 Å². The van der Waals surface area contributed by atoms with E-state index >= 15 is 0 Å². The van der Waals surface area contributed by atoms with Crippen molar-refractivity contribution in [1.29, 1.82) is 0 Å². The molecule has 0 saturated carbocycles. The van der Waals surface area contributed by atoms with Gasteiger partial charge in [0.25, 0.3) is 5.56 Å². The van der Waals surface area contributed by atoms with E-state index in [0.717, 1.165) is 35.4 Å². The van der Waals surface area contributed by atoms with Crippen molar-refractivity contribution in [1.82, 2.24) is 19.9 Å². The Bertz CT molecular complexity index is 853. The van der Waals surface area contributed by atoms with Gasteiger partial charge in [-0.25, -0.2) is 9.97 Å². The highest BCUT2D eigenvalue weighted by molar-refractivity contribution is 7.98. The van der Waals surface area contributed by atoms with Crippen LogP contribution in [-0.4, -0.2) is 19.9 Å². The zero-order chi connectivity index (χ0) is 15.5. The summed E-state index contributed by atoms with van der Waals surface area (Å²) in [4.78, 5) is 26.8. The number of rotatable bonds is 5. The number of hydrogen-bond acceptors (Lipinski definition) is 4. The molecule has 3 rings (SSSR count). The number of imidazole rings is 1. The molecule has 22 heavy (non-hydrogen) atoms. The van der Waals surface area contributed by atoms with E-state index in [0.29, 0.717) is 10.9 Å². The molecule has 2 heterocycles. The van der Waals surface area contributed by atoms with E-state index in [1.165, 1.54) is 17.3 Å². The average molecular weight is 314 g/mol. The number of aromatic nitrogens is 4. The lowest BCUT2D eigenvalue weighted by Gasteiger charge is -2.02. The number of hydrogen-bond donors (Lipinski definition) is 2. The van der Waals surface area contributed by atoms with Gasteiger partial charge in [-0.2, -0.15) is 0 Å². The van der Waals surface area contributed by atoms with Crippen LogP contribution in [0.25, 0.3) is 11.0 Å².